The first kappa shape index (κ1) is 10.3. The lowest BCUT2D eigenvalue weighted by Gasteiger charge is -2.00. The van der Waals surface area contributed by atoms with Gasteiger partial charge in [0.05, 0.1) is 7.11 Å². The highest BCUT2D eigenvalue weighted by molar-refractivity contribution is 7.90. The summed E-state index contributed by atoms with van der Waals surface area (Å²) >= 11 is 9.19. The van der Waals surface area contributed by atoms with Crippen LogP contribution in [0, 0.1) is 0 Å². The van der Waals surface area contributed by atoms with Crippen molar-refractivity contribution in [2.45, 2.75) is 0 Å². The third-order valence-electron chi connectivity index (χ3n) is 1.53. The quantitative estimate of drug-likeness (QED) is 0.456. The van der Waals surface area contributed by atoms with Gasteiger partial charge in [-0.15, -0.1) is 12.6 Å². The molecule has 0 spiro atoms. The molecule has 0 bridgehead atoms. The first-order valence-electron chi connectivity index (χ1n) is 3.78. The van der Waals surface area contributed by atoms with E-state index in [0.29, 0.717) is 5.05 Å². The molecular weight excluding hydrogens is 200 g/mol. The molecular formula is C10H10OS2. The highest BCUT2D eigenvalue weighted by atomic mass is 32.1. The molecule has 0 aromatic heterocycles. The van der Waals surface area contributed by atoms with E-state index in [-0.39, 0.29) is 0 Å². The number of benzene rings is 1. The zero-order valence-corrected chi connectivity index (χ0v) is 8.94. The number of thiol groups is 1. The van der Waals surface area contributed by atoms with Crippen molar-refractivity contribution < 1.29 is 4.74 Å². The maximum absolute atomic E-state index is 4.88. The van der Waals surface area contributed by atoms with Gasteiger partial charge in [0.1, 0.15) is 0 Å². The Hall–Kier alpha value is -0.800. The average Bonchev–Trinajstić information content (AvgIpc) is 2.19. The molecule has 3 heteroatoms. The molecule has 0 fully saturated rings. The topological polar surface area (TPSA) is 9.23 Å². The molecule has 13 heavy (non-hydrogen) atoms. The van der Waals surface area contributed by atoms with E-state index < -0.39 is 0 Å². The number of rotatable bonds is 2. The van der Waals surface area contributed by atoms with E-state index in [4.69, 9.17) is 17.0 Å². The largest absolute Gasteiger partial charge is 0.487 e. The van der Waals surface area contributed by atoms with Crippen molar-refractivity contribution in [1.29, 1.82) is 0 Å². The van der Waals surface area contributed by atoms with Gasteiger partial charge in [0.15, 0.2) is 5.05 Å². The molecule has 1 rings (SSSR count). The van der Waals surface area contributed by atoms with Gasteiger partial charge in [0.2, 0.25) is 0 Å². The lowest BCUT2D eigenvalue weighted by atomic mass is 10.2. The maximum atomic E-state index is 4.88. The molecule has 0 unspecified atom stereocenters. The minimum Gasteiger partial charge on any atom is -0.487 e. The smallest absolute Gasteiger partial charge is 0.184 e. The van der Waals surface area contributed by atoms with Gasteiger partial charge in [0, 0.05) is 11.0 Å². The number of ether oxygens (including phenoxy) is 1. The zero-order valence-electron chi connectivity index (χ0n) is 7.23. The third-order valence-corrected chi connectivity index (χ3v) is 2.20. The fourth-order valence-corrected chi connectivity index (χ4v) is 1.33. The van der Waals surface area contributed by atoms with Gasteiger partial charge in [-0.25, -0.2) is 0 Å². The van der Waals surface area contributed by atoms with Gasteiger partial charge in [0.25, 0.3) is 0 Å². The second-order valence-electron chi connectivity index (χ2n) is 2.42. The van der Waals surface area contributed by atoms with Gasteiger partial charge in [-0.3, -0.25) is 0 Å². The van der Waals surface area contributed by atoms with E-state index in [9.17, 15) is 0 Å². The minimum atomic E-state index is 0.439. The Balaban J connectivity index is 2.85. The Morgan fingerprint density at radius 3 is 2.54 bits per heavy atom. The zero-order chi connectivity index (χ0) is 9.68. The summed E-state index contributed by atoms with van der Waals surface area (Å²) in [4.78, 5) is 0.812. The summed E-state index contributed by atoms with van der Waals surface area (Å²) in [7, 11) is 1.55. The van der Waals surface area contributed by atoms with E-state index in [2.05, 4.69) is 12.6 Å². The second kappa shape index (κ2) is 5.04. The summed E-state index contributed by atoms with van der Waals surface area (Å²) in [5.74, 6) is 0. The number of thiocarbonyl (C=S) groups is 1. The molecule has 0 aliphatic rings. The monoisotopic (exact) mass is 210 g/mol. The Bertz CT molecular complexity index is 317. The number of hydrogen-bond acceptors (Lipinski definition) is 3. The Labute approximate surface area is 88.8 Å². The SMILES string of the molecule is COC(=S)C=C(S)c1ccccc1. The van der Waals surface area contributed by atoms with Crippen LogP contribution in [0.15, 0.2) is 36.4 Å². The highest BCUT2D eigenvalue weighted by Crippen LogP contribution is 2.17. The molecule has 1 aromatic rings. The molecule has 0 saturated carbocycles. The van der Waals surface area contributed by atoms with Gasteiger partial charge in [-0.1, -0.05) is 30.3 Å². The lowest BCUT2D eigenvalue weighted by molar-refractivity contribution is 0.418. The molecule has 0 aliphatic carbocycles. The van der Waals surface area contributed by atoms with Crippen LogP contribution in [0.5, 0.6) is 0 Å². The third kappa shape index (κ3) is 3.20. The first-order valence-corrected chi connectivity index (χ1v) is 4.63. The normalized spacial score (nSPS) is 11.1. The van der Waals surface area contributed by atoms with E-state index in [0.717, 1.165) is 10.5 Å². The van der Waals surface area contributed by atoms with Gasteiger partial charge in [-0.05, 0) is 17.8 Å². The summed E-state index contributed by atoms with van der Waals surface area (Å²) in [6, 6.07) is 9.80. The summed E-state index contributed by atoms with van der Waals surface area (Å²) in [6.07, 6.45) is 1.72. The van der Waals surface area contributed by atoms with Crippen LogP contribution in [-0.4, -0.2) is 12.2 Å². The van der Waals surface area contributed by atoms with Crippen molar-refractivity contribution >= 4 is 34.8 Å². The minimum absolute atomic E-state index is 0.439. The summed E-state index contributed by atoms with van der Waals surface area (Å²) < 4.78 is 4.85. The molecule has 0 N–H and O–H groups in total. The fourth-order valence-electron chi connectivity index (χ4n) is 0.863. The van der Waals surface area contributed by atoms with E-state index in [1.165, 1.54) is 0 Å². The molecule has 0 heterocycles. The number of hydrogen-bond donors (Lipinski definition) is 1. The van der Waals surface area contributed by atoms with Crippen molar-refractivity contribution in [1.82, 2.24) is 0 Å². The van der Waals surface area contributed by atoms with Crippen molar-refractivity contribution in [3.05, 3.63) is 42.0 Å². The Morgan fingerprint density at radius 2 is 2.00 bits per heavy atom. The van der Waals surface area contributed by atoms with Crippen molar-refractivity contribution in [2.75, 3.05) is 7.11 Å². The molecule has 1 nitrogen and oxygen atoms in total. The van der Waals surface area contributed by atoms with Crippen LogP contribution < -0.4 is 0 Å². The molecule has 68 valence electrons. The van der Waals surface area contributed by atoms with E-state index in [1.54, 1.807) is 13.2 Å². The maximum Gasteiger partial charge on any atom is 0.184 e. The van der Waals surface area contributed by atoms with E-state index >= 15 is 0 Å². The fraction of sp³-hybridized carbons (Fsp3) is 0.100. The van der Waals surface area contributed by atoms with E-state index in [1.807, 2.05) is 30.3 Å². The Kier molecular flexibility index (Phi) is 3.99. The molecule has 0 atom stereocenters. The molecule has 0 radical (unpaired) electrons. The molecule has 1 aromatic carbocycles. The summed E-state index contributed by atoms with van der Waals surface area (Å²) in [6.45, 7) is 0. The average molecular weight is 210 g/mol. The molecule has 0 amide bonds. The standard InChI is InChI=1S/C10H10OS2/c1-11-10(13)7-9(12)8-5-3-2-4-6-8/h2-7,12H,1H3. The number of methoxy groups -OCH3 is 1. The summed E-state index contributed by atoms with van der Waals surface area (Å²) in [5, 5.41) is 0.439. The molecule has 0 saturated heterocycles. The van der Waals surface area contributed by atoms with Crippen LogP contribution in [0.3, 0.4) is 0 Å². The highest BCUT2D eigenvalue weighted by Gasteiger charge is 1.96. The van der Waals surface area contributed by atoms with Crippen LogP contribution in [0.4, 0.5) is 0 Å². The van der Waals surface area contributed by atoms with Crippen molar-refractivity contribution in [3.63, 3.8) is 0 Å². The predicted octanol–water partition coefficient (Wildman–Crippen LogP) is 2.93. The summed E-state index contributed by atoms with van der Waals surface area (Å²) in [5.41, 5.74) is 1.03. The van der Waals surface area contributed by atoms with Crippen molar-refractivity contribution in [3.8, 4) is 0 Å². The molecule has 0 aliphatic heterocycles. The van der Waals surface area contributed by atoms with Crippen molar-refractivity contribution in [2.24, 2.45) is 0 Å². The van der Waals surface area contributed by atoms with Crippen LogP contribution in [0.1, 0.15) is 5.56 Å². The predicted molar refractivity (Wildman–Crippen MR) is 63.0 cm³/mol. The van der Waals surface area contributed by atoms with Gasteiger partial charge >= 0.3 is 0 Å². The van der Waals surface area contributed by atoms with Gasteiger partial charge < -0.3 is 4.74 Å². The van der Waals surface area contributed by atoms with Gasteiger partial charge in [-0.2, -0.15) is 0 Å². The second-order valence-corrected chi connectivity index (χ2v) is 3.30. The van der Waals surface area contributed by atoms with Crippen LogP contribution >= 0.6 is 24.8 Å². The lowest BCUT2D eigenvalue weighted by Crippen LogP contribution is -1.91. The Morgan fingerprint density at radius 1 is 1.38 bits per heavy atom. The van der Waals surface area contributed by atoms with Crippen LogP contribution in [-0.2, 0) is 4.74 Å². The first-order chi connectivity index (χ1) is 6.24. The van der Waals surface area contributed by atoms with Crippen LogP contribution in [0.25, 0.3) is 4.91 Å². The van der Waals surface area contributed by atoms with Crippen LogP contribution in [0.2, 0.25) is 0 Å².